The van der Waals surface area contributed by atoms with Crippen molar-refractivity contribution in [3.63, 3.8) is 0 Å². The van der Waals surface area contributed by atoms with Crippen LogP contribution >= 0.6 is 46.3 Å². The van der Waals surface area contributed by atoms with Crippen LogP contribution in [0.1, 0.15) is 73.5 Å². The second-order valence-corrected chi connectivity index (χ2v) is 14.5. The monoisotopic (exact) mass is 732 g/mol. The number of carboxylic acid groups (broad SMARTS) is 1. The standard InChI is InChI=1S/C35H34Cl2O9S2/c1-19(2)31-26(14-13-22(20(3)38)33(31)41)44-15-9-7-5-4-6-8-10-28(32(40)24-17-29(36)48-34(24)37)47-21-11-12-23-25(39)18-30(46-35(42)43)45-27(23)16-21/h4,6,8,10-14,16-19,28,32,40-41H,5,7,9,15H2,1-3H3,(H,42,43)/b6-4-,10-8+. The van der Waals surface area contributed by atoms with Crippen molar-refractivity contribution in [2.75, 3.05) is 6.61 Å². The summed E-state index contributed by atoms with van der Waals surface area (Å²) in [5.41, 5.74) is 1.06. The van der Waals surface area contributed by atoms with Crippen LogP contribution in [0, 0.1) is 0 Å². The molecule has 2 heterocycles. The average molecular weight is 734 g/mol. The maximum absolute atomic E-state index is 12.4. The second kappa shape index (κ2) is 17.1. The lowest BCUT2D eigenvalue weighted by atomic mass is 9.96. The lowest BCUT2D eigenvalue weighted by Gasteiger charge is -2.19. The molecule has 9 nitrogen and oxygen atoms in total. The first kappa shape index (κ1) is 37.1. The normalized spacial score (nSPS) is 13.1. The molecular formula is C35H34Cl2O9S2. The Bertz CT molecular complexity index is 1890. The van der Waals surface area contributed by atoms with Crippen LogP contribution < -0.4 is 14.9 Å². The fourth-order valence-corrected chi connectivity index (χ4v) is 7.49. The zero-order valence-electron chi connectivity index (χ0n) is 26.3. The first-order chi connectivity index (χ1) is 22.8. The lowest BCUT2D eigenvalue weighted by molar-refractivity contribution is 0.101. The predicted octanol–water partition coefficient (Wildman–Crippen LogP) is 9.81. The maximum atomic E-state index is 12.4. The summed E-state index contributed by atoms with van der Waals surface area (Å²) < 4.78 is 16.8. The van der Waals surface area contributed by atoms with Gasteiger partial charge in [0.25, 0.3) is 5.95 Å². The van der Waals surface area contributed by atoms with Gasteiger partial charge in [-0.15, -0.1) is 23.1 Å². The molecule has 2 aromatic heterocycles. The summed E-state index contributed by atoms with van der Waals surface area (Å²) in [6.45, 7) is 5.74. The van der Waals surface area contributed by atoms with Gasteiger partial charge in [-0.25, -0.2) is 4.79 Å². The molecule has 4 aromatic rings. The second-order valence-electron chi connectivity index (χ2n) is 11.0. The molecule has 0 bridgehead atoms. The minimum atomic E-state index is -1.61. The van der Waals surface area contributed by atoms with E-state index in [-0.39, 0.29) is 34.0 Å². The molecule has 2 aromatic carbocycles. The summed E-state index contributed by atoms with van der Waals surface area (Å²) in [6.07, 6.45) is 7.29. The molecule has 0 fully saturated rings. The smallest absolute Gasteiger partial charge is 0.507 e. The van der Waals surface area contributed by atoms with E-state index >= 15 is 0 Å². The molecule has 0 saturated carbocycles. The van der Waals surface area contributed by atoms with Crippen molar-refractivity contribution in [1.29, 1.82) is 0 Å². The van der Waals surface area contributed by atoms with Crippen molar-refractivity contribution < 1.29 is 38.8 Å². The number of fused-ring (bicyclic) bond motifs is 1. The van der Waals surface area contributed by atoms with Gasteiger partial charge in [0.05, 0.1) is 39.3 Å². The number of Topliss-reactive ketones (excluding diaryl/α,β-unsaturated/α-hetero) is 1. The highest BCUT2D eigenvalue weighted by atomic mass is 35.5. The number of phenols is 1. The number of carbonyl (C=O) groups is 2. The van der Waals surface area contributed by atoms with Crippen molar-refractivity contribution in [2.24, 2.45) is 0 Å². The first-order valence-electron chi connectivity index (χ1n) is 15.0. The lowest BCUT2D eigenvalue weighted by Crippen LogP contribution is -2.12. The molecule has 0 radical (unpaired) electrons. The number of aliphatic hydroxyl groups excluding tert-OH is 1. The summed E-state index contributed by atoms with van der Waals surface area (Å²) in [7, 11) is 0. The third-order valence-electron chi connectivity index (χ3n) is 7.16. The van der Waals surface area contributed by atoms with Gasteiger partial charge in [0.15, 0.2) is 11.2 Å². The van der Waals surface area contributed by atoms with Crippen LogP contribution in [0.25, 0.3) is 11.0 Å². The number of aliphatic hydroxyl groups is 1. The van der Waals surface area contributed by atoms with E-state index in [2.05, 4.69) is 4.74 Å². The van der Waals surface area contributed by atoms with E-state index in [0.717, 1.165) is 36.7 Å². The number of ether oxygens (including phenoxy) is 2. The Kier molecular flexibility index (Phi) is 13.2. The summed E-state index contributed by atoms with van der Waals surface area (Å²) in [6, 6.07) is 10.7. The molecule has 0 spiro atoms. The van der Waals surface area contributed by atoms with Gasteiger partial charge in [-0.2, -0.15) is 0 Å². The van der Waals surface area contributed by atoms with Gasteiger partial charge in [-0.1, -0.05) is 61.4 Å². The quantitative estimate of drug-likeness (QED) is 0.0355. The van der Waals surface area contributed by atoms with Gasteiger partial charge in [-0.05, 0) is 68.5 Å². The van der Waals surface area contributed by atoms with E-state index in [1.807, 2.05) is 38.2 Å². The van der Waals surface area contributed by atoms with Crippen LogP contribution in [0.4, 0.5) is 4.79 Å². The van der Waals surface area contributed by atoms with E-state index in [0.29, 0.717) is 37.1 Å². The van der Waals surface area contributed by atoms with Crippen LogP contribution in [0.15, 0.2) is 80.9 Å². The fraction of sp³-hybridized carbons (Fsp3) is 0.286. The Morgan fingerprint density at radius 1 is 1.08 bits per heavy atom. The molecule has 2 atom stereocenters. The molecule has 48 heavy (non-hydrogen) atoms. The highest BCUT2D eigenvalue weighted by molar-refractivity contribution is 8.00. The number of carbonyl (C=O) groups excluding carboxylic acids is 1. The molecular weight excluding hydrogens is 699 g/mol. The Labute approximate surface area is 295 Å². The number of rotatable bonds is 15. The molecule has 0 aliphatic heterocycles. The van der Waals surface area contributed by atoms with Gasteiger partial charge in [0.2, 0.25) is 0 Å². The highest BCUT2D eigenvalue weighted by Gasteiger charge is 2.24. The van der Waals surface area contributed by atoms with E-state index in [4.69, 9.17) is 37.5 Å². The van der Waals surface area contributed by atoms with Crippen molar-refractivity contribution in [1.82, 2.24) is 0 Å². The van der Waals surface area contributed by atoms with Crippen LogP contribution in [-0.2, 0) is 0 Å². The van der Waals surface area contributed by atoms with Crippen molar-refractivity contribution in [2.45, 2.75) is 62.2 Å². The molecule has 2 unspecified atom stereocenters. The minimum Gasteiger partial charge on any atom is -0.507 e. The molecule has 0 saturated heterocycles. The van der Waals surface area contributed by atoms with Crippen molar-refractivity contribution in [3.05, 3.63) is 102 Å². The molecule has 3 N–H and O–H groups in total. The molecule has 0 amide bonds. The molecule has 4 rings (SSSR count). The Hall–Kier alpha value is -3.74. The Morgan fingerprint density at radius 3 is 2.52 bits per heavy atom. The number of hydrogen-bond donors (Lipinski definition) is 3. The number of ketones is 1. The van der Waals surface area contributed by atoms with E-state index < -0.39 is 28.9 Å². The van der Waals surface area contributed by atoms with Crippen LogP contribution in [-0.4, -0.2) is 39.1 Å². The van der Waals surface area contributed by atoms with Crippen LogP contribution in [0.3, 0.4) is 0 Å². The van der Waals surface area contributed by atoms with Gasteiger partial charge in [0, 0.05) is 16.0 Å². The third-order valence-corrected chi connectivity index (χ3v) is 9.89. The van der Waals surface area contributed by atoms with Gasteiger partial charge in [-0.3, -0.25) is 9.59 Å². The van der Waals surface area contributed by atoms with Crippen LogP contribution in [0.2, 0.25) is 8.67 Å². The third kappa shape index (κ3) is 9.67. The number of halogens is 2. The maximum Gasteiger partial charge on any atom is 0.513 e. The number of phenolic OH excluding ortho intramolecular Hbond substituents is 1. The van der Waals surface area contributed by atoms with Crippen molar-refractivity contribution in [3.8, 4) is 17.4 Å². The van der Waals surface area contributed by atoms with E-state index in [9.17, 15) is 24.6 Å². The average Bonchev–Trinajstić information content (AvgIpc) is 3.35. The number of unbranched alkanes of at least 4 members (excludes halogenated alkanes) is 2. The number of hydrogen-bond acceptors (Lipinski definition) is 10. The minimum absolute atomic E-state index is 0.0181. The first-order valence-corrected chi connectivity index (χ1v) is 17.4. The number of allylic oxidation sites excluding steroid dienone is 3. The summed E-state index contributed by atoms with van der Waals surface area (Å²) in [5, 5.41) is 30.5. The van der Waals surface area contributed by atoms with Gasteiger partial charge in [0.1, 0.15) is 21.4 Å². The number of benzene rings is 2. The molecule has 0 aliphatic rings. The van der Waals surface area contributed by atoms with Crippen molar-refractivity contribution >= 4 is 69.2 Å². The largest absolute Gasteiger partial charge is 0.513 e. The van der Waals surface area contributed by atoms with Gasteiger partial charge < -0.3 is 29.2 Å². The molecule has 13 heteroatoms. The summed E-state index contributed by atoms with van der Waals surface area (Å²) in [5.74, 6) is -0.119. The van der Waals surface area contributed by atoms with Crippen LogP contribution in [0.5, 0.6) is 17.4 Å². The number of aromatic hydroxyl groups is 1. The van der Waals surface area contributed by atoms with E-state index in [1.54, 1.807) is 36.4 Å². The number of thiophene rings is 1. The Balaban J connectivity index is 1.40. The zero-order valence-corrected chi connectivity index (χ0v) is 29.4. The fourth-order valence-electron chi connectivity index (χ4n) is 4.87. The van der Waals surface area contributed by atoms with E-state index in [1.165, 1.54) is 18.7 Å². The summed E-state index contributed by atoms with van der Waals surface area (Å²) in [4.78, 5) is 35.8. The Morgan fingerprint density at radius 2 is 1.85 bits per heavy atom. The summed E-state index contributed by atoms with van der Waals surface area (Å²) >= 11 is 14.9. The SMILES string of the molecule is CC(=O)c1ccc(OCCCC/C=C\C=C\C(Sc2ccc3c(=O)cc(OC(=O)O)oc3c2)C(O)c2cc(Cl)sc2Cl)c(C(C)C)c1O. The molecule has 0 aliphatic carbocycles. The predicted molar refractivity (Wildman–Crippen MR) is 190 cm³/mol. The zero-order chi connectivity index (χ0) is 35.0. The topological polar surface area (TPSA) is 144 Å². The molecule has 254 valence electrons. The highest BCUT2D eigenvalue weighted by Crippen LogP contribution is 2.41. The van der Waals surface area contributed by atoms with Gasteiger partial charge >= 0.3 is 6.16 Å². The number of thioether (sulfide) groups is 1.